The highest BCUT2D eigenvalue weighted by Crippen LogP contribution is 2.68. The molecule has 4 aliphatic carbocycles. The predicted octanol–water partition coefficient (Wildman–Crippen LogP) is 6.42. The Morgan fingerprint density at radius 1 is 1.04 bits per heavy atom. The van der Waals surface area contributed by atoms with Gasteiger partial charge in [0.05, 0.1) is 17.9 Å². The Labute approximate surface area is 276 Å². The van der Waals surface area contributed by atoms with Gasteiger partial charge in [-0.05, 0) is 116 Å². The number of aromatic nitrogens is 2. The standard InChI is InChI=1S/C39H56N4O3/c1-25(30-10-11-31-36-32(14-18-39(30,31)3)38(2)17-13-29(44)21-28(38)22-34(36)45)9-12-35(46)43-20-16-33-27(24-43)23-41-37(42-33)40-19-15-26-7-5-4-6-8-26/h4-8,23,25,28-32,34,36,44-45H,9-22,24H2,1-3H3,(H,40,41,42)/t25-,28+,29-,30-,31+,32+,34+,36+,38+,39-/m1/s1. The largest absolute Gasteiger partial charge is 0.393 e. The topological polar surface area (TPSA) is 98.6 Å². The van der Waals surface area contributed by atoms with Crippen molar-refractivity contribution in [1.82, 2.24) is 14.9 Å². The van der Waals surface area contributed by atoms with Crippen LogP contribution in [0.3, 0.4) is 0 Å². The van der Waals surface area contributed by atoms with Crippen molar-refractivity contribution >= 4 is 11.9 Å². The number of carbonyl (C=O) groups is 1. The summed E-state index contributed by atoms with van der Waals surface area (Å²) < 4.78 is 0. The molecule has 7 heteroatoms. The summed E-state index contributed by atoms with van der Waals surface area (Å²) in [4.78, 5) is 24.8. The first-order chi connectivity index (χ1) is 22.2. The molecule has 3 N–H and O–H groups in total. The van der Waals surface area contributed by atoms with E-state index in [9.17, 15) is 15.0 Å². The number of fused-ring (bicyclic) bond motifs is 6. The summed E-state index contributed by atoms with van der Waals surface area (Å²) in [6, 6.07) is 10.4. The lowest BCUT2D eigenvalue weighted by molar-refractivity contribution is -0.174. The zero-order valence-corrected chi connectivity index (χ0v) is 28.3. The third-order valence-electron chi connectivity index (χ3n) is 14.1. The van der Waals surface area contributed by atoms with E-state index in [1.165, 1.54) is 31.2 Å². The molecule has 2 heterocycles. The van der Waals surface area contributed by atoms with Crippen molar-refractivity contribution < 1.29 is 15.0 Å². The van der Waals surface area contributed by atoms with Gasteiger partial charge in [0.1, 0.15) is 0 Å². The molecule has 250 valence electrons. The molecule has 0 unspecified atom stereocenters. The highest BCUT2D eigenvalue weighted by atomic mass is 16.3. The van der Waals surface area contributed by atoms with E-state index in [4.69, 9.17) is 4.98 Å². The van der Waals surface area contributed by atoms with Gasteiger partial charge in [0, 0.05) is 44.2 Å². The molecule has 1 aromatic carbocycles. The summed E-state index contributed by atoms with van der Waals surface area (Å²) in [5.41, 5.74) is 3.93. The number of amides is 1. The minimum Gasteiger partial charge on any atom is -0.393 e. The highest BCUT2D eigenvalue weighted by Gasteiger charge is 2.62. The third-order valence-corrected chi connectivity index (χ3v) is 14.1. The molecule has 5 aliphatic rings. The number of anilines is 1. The molecule has 1 amide bonds. The Morgan fingerprint density at radius 3 is 2.65 bits per heavy atom. The third kappa shape index (κ3) is 5.89. The number of hydrogen-bond donors (Lipinski definition) is 3. The second kappa shape index (κ2) is 12.8. The summed E-state index contributed by atoms with van der Waals surface area (Å²) in [5.74, 6) is 4.04. The normalized spacial score (nSPS) is 37.4. The van der Waals surface area contributed by atoms with E-state index >= 15 is 0 Å². The van der Waals surface area contributed by atoms with Crippen LogP contribution in [0.4, 0.5) is 5.95 Å². The molecule has 0 spiro atoms. The molecule has 46 heavy (non-hydrogen) atoms. The number of hydrogen-bond acceptors (Lipinski definition) is 6. The van der Waals surface area contributed by atoms with Gasteiger partial charge in [-0.15, -0.1) is 0 Å². The average molecular weight is 629 g/mol. The first kappa shape index (κ1) is 32.1. The van der Waals surface area contributed by atoms with E-state index in [0.717, 1.165) is 69.3 Å². The van der Waals surface area contributed by atoms with Crippen molar-refractivity contribution in [2.45, 2.75) is 117 Å². The summed E-state index contributed by atoms with van der Waals surface area (Å²) in [6.45, 7) is 9.53. The van der Waals surface area contributed by atoms with Crippen LogP contribution in [0.5, 0.6) is 0 Å². The zero-order valence-electron chi connectivity index (χ0n) is 28.3. The number of nitrogens with one attached hydrogen (secondary N) is 1. The number of carbonyl (C=O) groups excluding carboxylic acids is 1. The van der Waals surface area contributed by atoms with E-state index in [1.54, 1.807) is 0 Å². The Balaban J connectivity index is 0.922. The molecule has 10 atom stereocenters. The summed E-state index contributed by atoms with van der Waals surface area (Å²) >= 11 is 0. The fraction of sp³-hybridized carbons (Fsp3) is 0.718. The molecule has 7 rings (SSSR count). The van der Waals surface area contributed by atoms with Crippen molar-refractivity contribution in [3.63, 3.8) is 0 Å². The first-order valence-corrected chi connectivity index (χ1v) is 18.4. The van der Waals surface area contributed by atoms with Crippen molar-refractivity contribution in [3.05, 3.63) is 53.3 Å². The lowest BCUT2D eigenvalue weighted by Crippen LogP contribution is -2.58. The summed E-state index contributed by atoms with van der Waals surface area (Å²) in [7, 11) is 0. The van der Waals surface area contributed by atoms with E-state index in [0.29, 0.717) is 54.4 Å². The predicted molar refractivity (Wildman–Crippen MR) is 181 cm³/mol. The van der Waals surface area contributed by atoms with Gasteiger partial charge in [-0.25, -0.2) is 9.97 Å². The minimum atomic E-state index is -0.235. The van der Waals surface area contributed by atoms with Crippen molar-refractivity contribution in [2.24, 2.45) is 46.3 Å². The second-order valence-electron chi connectivity index (χ2n) is 16.4. The number of rotatable bonds is 8. The summed E-state index contributed by atoms with van der Waals surface area (Å²) in [5, 5.41) is 25.3. The van der Waals surface area contributed by atoms with E-state index in [1.807, 2.05) is 17.2 Å². The molecule has 4 saturated carbocycles. The van der Waals surface area contributed by atoms with Gasteiger partial charge < -0.3 is 20.4 Å². The van der Waals surface area contributed by atoms with Gasteiger partial charge in [0.25, 0.3) is 0 Å². The van der Waals surface area contributed by atoms with Crippen LogP contribution >= 0.6 is 0 Å². The Hall–Kier alpha value is -2.51. The smallest absolute Gasteiger partial charge is 0.222 e. The van der Waals surface area contributed by atoms with Crippen LogP contribution in [0.15, 0.2) is 36.5 Å². The molecule has 1 aliphatic heterocycles. The Bertz CT molecular complexity index is 1390. The van der Waals surface area contributed by atoms with Gasteiger partial charge in [-0.1, -0.05) is 51.1 Å². The van der Waals surface area contributed by atoms with Crippen LogP contribution in [0.1, 0.15) is 102 Å². The lowest BCUT2D eigenvalue weighted by atomic mass is 9.43. The molecule has 4 fully saturated rings. The maximum Gasteiger partial charge on any atom is 0.222 e. The Morgan fingerprint density at radius 2 is 1.83 bits per heavy atom. The molecular weight excluding hydrogens is 572 g/mol. The molecule has 0 bridgehead atoms. The lowest BCUT2D eigenvalue weighted by Gasteiger charge is -2.62. The van der Waals surface area contributed by atoms with Crippen molar-refractivity contribution in [1.29, 1.82) is 0 Å². The number of aliphatic hydroxyl groups excluding tert-OH is 2. The minimum absolute atomic E-state index is 0.186. The molecule has 7 nitrogen and oxygen atoms in total. The van der Waals surface area contributed by atoms with Crippen LogP contribution in [0.25, 0.3) is 0 Å². The van der Waals surface area contributed by atoms with Crippen molar-refractivity contribution in [3.8, 4) is 0 Å². The quantitative estimate of drug-likeness (QED) is 0.312. The maximum atomic E-state index is 13.5. The number of nitrogens with zero attached hydrogens (tertiary/aromatic N) is 3. The van der Waals surface area contributed by atoms with Gasteiger partial charge in [-0.2, -0.15) is 0 Å². The Kier molecular flexibility index (Phi) is 8.94. The van der Waals surface area contributed by atoms with Crippen LogP contribution in [0.2, 0.25) is 0 Å². The molecular formula is C39H56N4O3. The first-order valence-electron chi connectivity index (χ1n) is 18.4. The average Bonchev–Trinajstić information content (AvgIpc) is 3.41. The van der Waals surface area contributed by atoms with Gasteiger partial charge in [-0.3, -0.25) is 4.79 Å². The van der Waals surface area contributed by atoms with Crippen LogP contribution < -0.4 is 5.32 Å². The monoisotopic (exact) mass is 628 g/mol. The maximum absolute atomic E-state index is 13.5. The number of benzene rings is 1. The zero-order chi connectivity index (χ0) is 32.1. The molecule has 1 aromatic heterocycles. The van der Waals surface area contributed by atoms with Crippen LogP contribution in [-0.4, -0.2) is 56.3 Å². The van der Waals surface area contributed by atoms with Gasteiger partial charge in [0.15, 0.2) is 0 Å². The fourth-order valence-electron chi connectivity index (χ4n) is 11.5. The van der Waals surface area contributed by atoms with Crippen molar-refractivity contribution in [2.75, 3.05) is 18.4 Å². The van der Waals surface area contributed by atoms with Crippen LogP contribution in [-0.2, 0) is 24.2 Å². The molecule has 0 radical (unpaired) electrons. The van der Waals surface area contributed by atoms with Gasteiger partial charge >= 0.3 is 0 Å². The SMILES string of the molecule is C[C@H](CCC(=O)N1CCc2nc(NCCc3ccccc3)ncc2C1)[C@H]1CC[C@H]2[C@@H]3[C@@H](O)C[C@@H]4C[C@H](O)CC[C@]4(C)[C@H]3CC[C@]12C. The number of aliphatic hydroxyl groups is 2. The molecule has 0 saturated heterocycles. The van der Waals surface area contributed by atoms with E-state index in [2.05, 4.69) is 55.3 Å². The second-order valence-corrected chi connectivity index (χ2v) is 16.4. The van der Waals surface area contributed by atoms with E-state index < -0.39 is 0 Å². The summed E-state index contributed by atoms with van der Waals surface area (Å²) in [6.07, 6.45) is 13.4. The van der Waals surface area contributed by atoms with Gasteiger partial charge in [0.2, 0.25) is 11.9 Å². The van der Waals surface area contributed by atoms with Crippen LogP contribution in [0, 0.1) is 46.3 Å². The highest BCUT2D eigenvalue weighted by molar-refractivity contribution is 5.76. The molecule has 2 aromatic rings. The fourth-order valence-corrected chi connectivity index (χ4v) is 11.5. The van der Waals surface area contributed by atoms with E-state index in [-0.39, 0.29) is 28.9 Å².